The first-order valence-electron chi connectivity index (χ1n) is 7.10. The summed E-state index contributed by atoms with van der Waals surface area (Å²) in [6, 6.07) is 0. The van der Waals surface area contributed by atoms with Crippen LogP contribution in [0.15, 0.2) is 0 Å². The number of carbonyl (C=O) groups is 4. The maximum absolute atomic E-state index is 11.3. The summed E-state index contributed by atoms with van der Waals surface area (Å²) in [4.78, 5) is 44.9. The summed E-state index contributed by atoms with van der Waals surface area (Å²) in [6.07, 6.45) is -6.79. The fraction of sp³-hybridized carbons (Fsp3) is 0.714. The topological polar surface area (TPSA) is 135 Å². The van der Waals surface area contributed by atoms with E-state index in [2.05, 4.69) is 0 Å². The van der Waals surface area contributed by atoms with Crippen molar-refractivity contribution in [2.24, 2.45) is 0 Å². The number of aliphatic hydroxyl groups is 1. The van der Waals surface area contributed by atoms with Gasteiger partial charge in [0.05, 0.1) is 0 Å². The van der Waals surface area contributed by atoms with Gasteiger partial charge in [0.25, 0.3) is 0 Å². The summed E-state index contributed by atoms with van der Waals surface area (Å²) >= 11 is 0. The van der Waals surface area contributed by atoms with Gasteiger partial charge < -0.3 is 28.8 Å². The Hall–Kier alpha value is -2.20. The highest BCUT2D eigenvalue weighted by molar-refractivity contribution is 5.68. The Kier molecular flexibility index (Phi) is 7.11. The molecule has 1 N–H and O–H groups in total. The van der Waals surface area contributed by atoms with Crippen LogP contribution in [-0.2, 0) is 42.9 Å². The second kappa shape index (κ2) is 8.60. The zero-order chi connectivity index (χ0) is 18.4. The van der Waals surface area contributed by atoms with E-state index in [4.69, 9.17) is 23.7 Å². The zero-order valence-electron chi connectivity index (χ0n) is 13.7. The minimum absolute atomic E-state index is 0.366. The Morgan fingerprint density at radius 1 is 0.792 bits per heavy atom. The first kappa shape index (κ1) is 19.8. The summed E-state index contributed by atoms with van der Waals surface area (Å²) < 4.78 is 25.0. The van der Waals surface area contributed by atoms with Gasteiger partial charge in [0.1, 0.15) is 12.7 Å². The number of hydrogen-bond acceptors (Lipinski definition) is 10. The minimum atomic E-state index is -1.68. The molecule has 5 atom stereocenters. The van der Waals surface area contributed by atoms with Crippen LogP contribution in [0, 0.1) is 0 Å². The minimum Gasteiger partial charge on any atom is -0.463 e. The third-order valence-corrected chi connectivity index (χ3v) is 2.97. The standard InChI is InChI=1S/C14H20O10/c1-6(15)20-5-10-11(21-7(2)16)12(22-8(3)17)13(14(19)24-10)23-9(4)18/h10-14,19H,5H2,1-4H3/t10?,11-,12+,13-,14?/m1/s1. The van der Waals surface area contributed by atoms with E-state index in [-0.39, 0.29) is 6.61 Å². The molecule has 0 amide bonds. The molecule has 0 saturated carbocycles. The van der Waals surface area contributed by atoms with Crippen molar-refractivity contribution < 1.29 is 48.0 Å². The predicted octanol–water partition coefficient (Wildman–Crippen LogP) is -0.938. The van der Waals surface area contributed by atoms with Crippen LogP contribution in [0.25, 0.3) is 0 Å². The first-order chi connectivity index (χ1) is 11.1. The van der Waals surface area contributed by atoms with E-state index in [0.717, 1.165) is 27.7 Å². The Balaban J connectivity index is 3.11. The van der Waals surface area contributed by atoms with Crippen LogP contribution < -0.4 is 0 Å². The molecule has 1 aliphatic rings. The zero-order valence-corrected chi connectivity index (χ0v) is 13.7. The number of esters is 4. The number of rotatable bonds is 5. The van der Waals surface area contributed by atoms with Crippen LogP contribution in [-0.4, -0.2) is 66.3 Å². The molecule has 0 aromatic heterocycles. The maximum Gasteiger partial charge on any atom is 0.303 e. The molecule has 2 unspecified atom stereocenters. The predicted molar refractivity (Wildman–Crippen MR) is 74.2 cm³/mol. The smallest absolute Gasteiger partial charge is 0.303 e. The molecule has 10 heteroatoms. The van der Waals surface area contributed by atoms with E-state index in [9.17, 15) is 24.3 Å². The Labute approximate surface area is 137 Å². The highest BCUT2D eigenvalue weighted by Crippen LogP contribution is 2.28. The van der Waals surface area contributed by atoms with E-state index < -0.39 is 54.6 Å². The van der Waals surface area contributed by atoms with Crippen LogP contribution in [0.5, 0.6) is 0 Å². The molecule has 0 aromatic rings. The van der Waals surface area contributed by atoms with E-state index in [1.807, 2.05) is 0 Å². The molecule has 1 fully saturated rings. The lowest BCUT2D eigenvalue weighted by Crippen LogP contribution is -2.62. The first-order valence-corrected chi connectivity index (χ1v) is 7.10. The van der Waals surface area contributed by atoms with Crippen molar-refractivity contribution in [2.45, 2.75) is 58.4 Å². The summed E-state index contributed by atoms with van der Waals surface area (Å²) in [5.41, 5.74) is 0. The molecule has 0 bridgehead atoms. The van der Waals surface area contributed by atoms with Gasteiger partial charge in [0.2, 0.25) is 0 Å². The molecule has 10 nitrogen and oxygen atoms in total. The average molecular weight is 348 g/mol. The summed E-state index contributed by atoms with van der Waals surface area (Å²) in [5.74, 6) is -2.87. The number of ether oxygens (including phenoxy) is 5. The van der Waals surface area contributed by atoms with Gasteiger partial charge in [0.15, 0.2) is 24.6 Å². The summed E-state index contributed by atoms with van der Waals surface area (Å²) in [5, 5.41) is 10.0. The largest absolute Gasteiger partial charge is 0.463 e. The normalized spacial score (nSPS) is 29.3. The van der Waals surface area contributed by atoms with Gasteiger partial charge in [-0.25, -0.2) is 0 Å². The van der Waals surface area contributed by atoms with Crippen molar-refractivity contribution in [1.29, 1.82) is 0 Å². The van der Waals surface area contributed by atoms with Crippen molar-refractivity contribution in [1.82, 2.24) is 0 Å². The maximum atomic E-state index is 11.3. The molecule has 1 aliphatic heterocycles. The molecule has 1 rings (SSSR count). The fourth-order valence-corrected chi connectivity index (χ4v) is 2.21. The van der Waals surface area contributed by atoms with Crippen molar-refractivity contribution in [3.63, 3.8) is 0 Å². The highest BCUT2D eigenvalue weighted by atomic mass is 16.7. The van der Waals surface area contributed by atoms with Crippen LogP contribution in [0.3, 0.4) is 0 Å². The van der Waals surface area contributed by atoms with E-state index >= 15 is 0 Å². The Morgan fingerprint density at radius 3 is 1.71 bits per heavy atom. The lowest BCUT2D eigenvalue weighted by molar-refractivity contribution is -0.296. The van der Waals surface area contributed by atoms with Crippen molar-refractivity contribution in [3.05, 3.63) is 0 Å². The van der Waals surface area contributed by atoms with Gasteiger partial charge in [-0.3, -0.25) is 19.2 Å². The van der Waals surface area contributed by atoms with Crippen molar-refractivity contribution in [2.75, 3.05) is 6.61 Å². The average Bonchev–Trinajstić information content (AvgIpc) is 2.42. The number of aliphatic hydroxyl groups excluding tert-OH is 1. The SMILES string of the molecule is CC(=O)OCC1OC(O)[C@H](OC(C)=O)[C@@H](OC(C)=O)[C@@H]1OC(C)=O. The van der Waals surface area contributed by atoms with Crippen LogP contribution in [0.2, 0.25) is 0 Å². The van der Waals surface area contributed by atoms with Gasteiger partial charge in [-0.1, -0.05) is 0 Å². The molecular weight excluding hydrogens is 328 g/mol. The van der Waals surface area contributed by atoms with Crippen LogP contribution in [0.1, 0.15) is 27.7 Å². The van der Waals surface area contributed by atoms with Gasteiger partial charge in [-0.15, -0.1) is 0 Å². The van der Waals surface area contributed by atoms with Gasteiger partial charge in [-0.05, 0) is 0 Å². The number of carbonyl (C=O) groups excluding carboxylic acids is 4. The molecule has 0 spiro atoms. The number of hydrogen-bond donors (Lipinski definition) is 1. The molecule has 24 heavy (non-hydrogen) atoms. The van der Waals surface area contributed by atoms with Crippen LogP contribution >= 0.6 is 0 Å². The van der Waals surface area contributed by atoms with E-state index in [0.29, 0.717) is 0 Å². The van der Waals surface area contributed by atoms with Gasteiger partial charge >= 0.3 is 23.9 Å². The summed E-state index contributed by atoms with van der Waals surface area (Å²) in [6.45, 7) is 4.09. The van der Waals surface area contributed by atoms with E-state index in [1.165, 1.54) is 0 Å². The lowest BCUT2D eigenvalue weighted by atomic mass is 9.98. The third-order valence-electron chi connectivity index (χ3n) is 2.97. The van der Waals surface area contributed by atoms with Crippen molar-refractivity contribution in [3.8, 4) is 0 Å². The van der Waals surface area contributed by atoms with Gasteiger partial charge in [0, 0.05) is 27.7 Å². The molecule has 1 heterocycles. The highest BCUT2D eigenvalue weighted by Gasteiger charge is 2.51. The van der Waals surface area contributed by atoms with Crippen LogP contribution in [0.4, 0.5) is 0 Å². The quantitative estimate of drug-likeness (QED) is 0.490. The van der Waals surface area contributed by atoms with Gasteiger partial charge in [-0.2, -0.15) is 0 Å². The molecule has 0 radical (unpaired) electrons. The molecule has 0 aliphatic carbocycles. The molecule has 0 aromatic carbocycles. The Morgan fingerprint density at radius 2 is 1.25 bits per heavy atom. The molecule has 1 saturated heterocycles. The molecule has 136 valence electrons. The monoisotopic (exact) mass is 348 g/mol. The lowest BCUT2D eigenvalue weighted by Gasteiger charge is -2.42. The Bertz CT molecular complexity index is 502. The second-order valence-electron chi connectivity index (χ2n) is 5.09. The summed E-state index contributed by atoms with van der Waals surface area (Å²) in [7, 11) is 0. The van der Waals surface area contributed by atoms with Crippen molar-refractivity contribution >= 4 is 23.9 Å². The second-order valence-corrected chi connectivity index (χ2v) is 5.09. The molecular formula is C14H20O10. The third kappa shape index (κ3) is 5.78. The van der Waals surface area contributed by atoms with E-state index in [1.54, 1.807) is 0 Å². The fourth-order valence-electron chi connectivity index (χ4n) is 2.21.